The van der Waals surface area contributed by atoms with Gasteiger partial charge in [-0.1, -0.05) is 29.3 Å². The molecule has 2 aliphatic heterocycles. The van der Waals surface area contributed by atoms with Crippen molar-refractivity contribution >= 4 is 40.9 Å². The van der Waals surface area contributed by atoms with Crippen LogP contribution < -0.4 is 10.6 Å². The molecule has 0 saturated carbocycles. The number of hydrogen-bond donors (Lipinski definition) is 3. The van der Waals surface area contributed by atoms with Crippen LogP contribution in [0.25, 0.3) is 0 Å². The van der Waals surface area contributed by atoms with Crippen LogP contribution in [0.5, 0.6) is 0 Å². The molecule has 1 saturated heterocycles. The molecule has 182 valence electrons. The highest BCUT2D eigenvalue weighted by molar-refractivity contribution is 6.39. The summed E-state index contributed by atoms with van der Waals surface area (Å²) in [5.41, 5.74) is 2.46. The highest BCUT2D eigenvalue weighted by Crippen LogP contribution is 2.25. The van der Waals surface area contributed by atoms with E-state index in [2.05, 4.69) is 32.7 Å². The summed E-state index contributed by atoms with van der Waals surface area (Å²) in [4.78, 5) is 35.2. The number of pyridine rings is 2. The fourth-order valence-electron chi connectivity index (χ4n) is 4.64. The molecule has 2 aliphatic rings. The van der Waals surface area contributed by atoms with Gasteiger partial charge in [-0.25, -0.2) is 9.78 Å². The van der Waals surface area contributed by atoms with Crippen molar-refractivity contribution in [1.29, 1.82) is 0 Å². The maximum Gasteiger partial charge on any atom is 0.326 e. The van der Waals surface area contributed by atoms with Crippen molar-refractivity contribution in [2.45, 2.75) is 44.6 Å². The quantitative estimate of drug-likeness (QED) is 0.477. The lowest BCUT2D eigenvalue weighted by atomic mass is 10.00. The van der Waals surface area contributed by atoms with E-state index >= 15 is 0 Å². The predicted octanol–water partition coefficient (Wildman–Crippen LogP) is 3.67. The Bertz CT molecular complexity index is 1030. The van der Waals surface area contributed by atoms with Crippen molar-refractivity contribution in [2.75, 3.05) is 31.5 Å². The number of fused-ring (bicyclic) bond motifs is 1. The summed E-state index contributed by atoms with van der Waals surface area (Å²) in [5, 5.41) is 15.7. The van der Waals surface area contributed by atoms with Crippen LogP contribution in [0.15, 0.2) is 24.5 Å². The van der Waals surface area contributed by atoms with Gasteiger partial charge in [0.2, 0.25) is 0 Å². The number of aliphatic carboxylic acids is 1. The van der Waals surface area contributed by atoms with Crippen LogP contribution in [-0.2, 0) is 17.6 Å². The molecule has 4 rings (SSSR count). The number of carboxylic acid groups (broad SMARTS) is 1. The van der Waals surface area contributed by atoms with E-state index in [-0.39, 0.29) is 15.6 Å². The van der Waals surface area contributed by atoms with Gasteiger partial charge in [-0.15, -0.1) is 0 Å². The molecule has 0 aromatic carbocycles. The maximum atomic E-state index is 12.6. The molecular formula is C24H29Cl2N5O3. The third kappa shape index (κ3) is 6.17. The number of hydrogen-bond acceptors (Lipinski definition) is 6. The number of nitrogens with one attached hydrogen (secondary N) is 2. The van der Waals surface area contributed by atoms with Gasteiger partial charge in [0.15, 0.2) is 0 Å². The number of halogens is 2. The zero-order valence-electron chi connectivity index (χ0n) is 18.9. The number of nitrogens with zero attached hydrogens (tertiary/aromatic N) is 3. The van der Waals surface area contributed by atoms with Crippen LogP contribution in [0.1, 0.15) is 47.3 Å². The second-order valence-electron chi connectivity index (χ2n) is 8.97. The topological polar surface area (TPSA) is 107 Å². The maximum absolute atomic E-state index is 12.6. The van der Waals surface area contributed by atoms with Gasteiger partial charge in [0, 0.05) is 37.7 Å². The number of carboxylic acids is 1. The van der Waals surface area contributed by atoms with Gasteiger partial charge < -0.3 is 20.6 Å². The average Bonchev–Trinajstić information content (AvgIpc) is 3.28. The van der Waals surface area contributed by atoms with Crippen LogP contribution in [0.4, 0.5) is 5.82 Å². The first kappa shape index (κ1) is 24.7. The number of rotatable bonds is 9. The summed E-state index contributed by atoms with van der Waals surface area (Å²) in [6, 6.07) is 3.30. The standard InChI is InChI=1S/C24H29Cl2N5O3/c25-18-12-27-13-19(26)21(18)23(32)30-20(24(33)34)8-11-31-10-7-15(14-31)3-5-17-6-4-16-2-1-9-28-22(16)29-17/h4,6,12-13,15,20H,1-3,5,7-11,14H2,(H,28,29)(H,30,32)(H,33,34)/t15-,20-/m0/s1. The van der Waals surface area contributed by atoms with Crippen molar-refractivity contribution in [1.82, 2.24) is 20.2 Å². The molecule has 0 bridgehead atoms. The molecule has 0 unspecified atom stereocenters. The van der Waals surface area contributed by atoms with Gasteiger partial charge in [0.05, 0.1) is 15.6 Å². The number of aryl methyl sites for hydroxylation is 2. The second-order valence-corrected chi connectivity index (χ2v) is 9.78. The molecule has 0 aliphatic carbocycles. The SMILES string of the molecule is O=C(N[C@@H](CCN1CC[C@H](CCc2ccc3c(n2)NCCC3)C1)C(=O)O)c1c(Cl)cncc1Cl. The molecule has 8 nitrogen and oxygen atoms in total. The lowest BCUT2D eigenvalue weighted by Gasteiger charge is -2.20. The average molecular weight is 506 g/mol. The molecule has 3 N–H and O–H groups in total. The summed E-state index contributed by atoms with van der Waals surface area (Å²) in [6.07, 6.45) is 8.23. The second kappa shape index (κ2) is 11.3. The van der Waals surface area contributed by atoms with E-state index in [1.807, 2.05) is 0 Å². The van der Waals surface area contributed by atoms with Crippen LogP contribution in [-0.4, -0.2) is 64.1 Å². The number of carbonyl (C=O) groups is 2. The molecule has 4 heterocycles. The number of aromatic nitrogens is 2. The number of amides is 1. The summed E-state index contributed by atoms with van der Waals surface area (Å²) >= 11 is 12.0. The summed E-state index contributed by atoms with van der Waals surface area (Å²) in [7, 11) is 0. The van der Waals surface area contributed by atoms with Crippen molar-refractivity contribution in [3.05, 3.63) is 51.4 Å². The van der Waals surface area contributed by atoms with Gasteiger partial charge >= 0.3 is 5.97 Å². The van der Waals surface area contributed by atoms with Crippen molar-refractivity contribution in [2.24, 2.45) is 5.92 Å². The van der Waals surface area contributed by atoms with E-state index < -0.39 is 17.9 Å². The number of likely N-dealkylation sites (tertiary alicyclic amines) is 1. The van der Waals surface area contributed by atoms with E-state index in [1.54, 1.807) is 0 Å². The molecule has 1 fully saturated rings. The number of anilines is 1. The Hall–Kier alpha value is -2.42. The Morgan fingerprint density at radius 3 is 2.82 bits per heavy atom. The fourth-order valence-corrected chi connectivity index (χ4v) is 5.18. The van der Waals surface area contributed by atoms with Gasteiger partial charge in [0.25, 0.3) is 5.91 Å². The third-order valence-electron chi connectivity index (χ3n) is 6.55. The summed E-state index contributed by atoms with van der Waals surface area (Å²) in [6.45, 7) is 3.42. The van der Waals surface area contributed by atoms with E-state index in [9.17, 15) is 14.7 Å². The first-order valence-corrected chi connectivity index (χ1v) is 12.4. The zero-order valence-corrected chi connectivity index (χ0v) is 20.4. The monoisotopic (exact) mass is 505 g/mol. The third-order valence-corrected chi connectivity index (χ3v) is 7.12. The molecule has 1 amide bonds. The Morgan fingerprint density at radius 1 is 1.26 bits per heavy atom. The first-order chi connectivity index (χ1) is 16.4. The van der Waals surface area contributed by atoms with Crippen molar-refractivity contribution in [3.63, 3.8) is 0 Å². The van der Waals surface area contributed by atoms with Gasteiger partial charge in [-0.3, -0.25) is 9.78 Å². The number of carbonyl (C=O) groups excluding carboxylic acids is 1. The minimum Gasteiger partial charge on any atom is -0.480 e. The minimum absolute atomic E-state index is 0.0387. The lowest BCUT2D eigenvalue weighted by Crippen LogP contribution is -2.43. The highest BCUT2D eigenvalue weighted by Gasteiger charge is 2.27. The predicted molar refractivity (Wildman–Crippen MR) is 132 cm³/mol. The zero-order chi connectivity index (χ0) is 24.1. The summed E-state index contributed by atoms with van der Waals surface area (Å²) in [5.74, 6) is -0.111. The lowest BCUT2D eigenvalue weighted by molar-refractivity contribution is -0.139. The van der Waals surface area contributed by atoms with E-state index in [1.165, 1.54) is 18.0 Å². The molecule has 0 radical (unpaired) electrons. The molecule has 10 heteroatoms. The molecule has 34 heavy (non-hydrogen) atoms. The van der Waals surface area contributed by atoms with Crippen molar-refractivity contribution < 1.29 is 14.7 Å². The molecule has 0 spiro atoms. The Balaban J connectivity index is 1.24. The van der Waals surface area contributed by atoms with E-state index in [0.29, 0.717) is 18.9 Å². The van der Waals surface area contributed by atoms with Crippen LogP contribution in [0.2, 0.25) is 10.0 Å². The van der Waals surface area contributed by atoms with Gasteiger partial charge in [-0.05, 0) is 62.6 Å². The Kier molecular flexibility index (Phi) is 8.24. The Labute approximate surface area is 209 Å². The first-order valence-electron chi connectivity index (χ1n) is 11.7. The van der Waals surface area contributed by atoms with Crippen LogP contribution in [0.3, 0.4) is 0 Å². The summed E-state index contributed by atoms with van der Waals surface area (Å²) < 4.78 is 0. The Morgan fingerprint density at radius 2 is 2.06 bits per heavy atom. The van der Waals surface area contributed by atoms with E-state index in [0.717, 1.165) is 63.3 Å². The molecular weight excluding hydrogens is 477 g/mol. The van der Waals surface area contributed by atoms with Crippen molar-refractivity contribution in [3.8, 4) is 0 Å². The van der Waals surface area contributed by atoms with E-state index in [4.69, 9.17) is 28.2 Å². The molecule has 2 aromatic rings. The molecule has 2 aromatic heterocycles. The van der Waals surface area contributed by atoms with Gasteiger partial charge in [-0.2, -0.15) is 0 Å². The smallest absolute Gasteiger partial charge is 0.326 e. The molecule has 2 atom stereocenters. The highest BCUT2D eigenvalue weighted by atomic mass is 35.5. The van der Waals surface area contributed by atoms with Crippen LogP contribution >= 0.6 is 23.2 Å². The largest absolute Gasteiger partial charge is 0.480 e. The fraction of sp³-hybridized carbons (Fsp3) is 0.500. The normalized spacial score (nSPS) is 18.7. The van der Waals surface area contributed by atoms with Crippen LogP contribution in [0, 0.1) is 5.92 Å². The van der Waals surface area contributed by atoms with Gasteiger partial charge in [0.1, 0.15) is 11.9 Å². The minimum atomic E-state index is -1.09.